The lowest BCUT2D eigenvalue weighted by Gasteiger charge is -2.19. The maximum absolute atomic E-state index is 11.8. The molecular formula is C16H22N2O2. The molecule has 0 unspecified atom stereocenters. The quantitative estimate of drug-likeness (QED) is 0.769. The maximum atomic E-state index is 11.8. The Bertz CT molecular complexity index is 466. The van der Waals surface area contributed by atoms with Gasteiger partial charge in [0.2, 0.25) is 11.8 Å². The standard InChI is InChI=1S/C16H22N2O2/c1-4-10-18(14(3)19)11-9-17-16(20)12-15-7-5-13(2)6-8-15/h4-8H,1,9-12H2,2-3H3,(H,17,20). The fourth-order valence-corrected chi connectivity index (χ4v) is 1.82. The fourth-order valence-electron chi connectivity index (χ4n) is 1.82. The molecule has 0 fully saturated rings. The van der Waals surface area contributed by atoms with Gasteiger partial charge in [0.05, 0.1) is 6.42 Å². The number of benzene rings is 1. The highest BCUT2D eigenvalue weighted by atomic mass is 16.2. The molecule has 4 heteroatoms. The predicted molar refractivity (Wildman–Crippen MR) is 80.3 cm³/mol. The Labute approximate surface area is 120 Å². The summed E-state index contributed by atoms with van der Waals surface area (Å²) in [4.78, 5) is 24.7. The molecule has 1 aromatic carbocycles. The van der Waals surface area contributed by atoms with E-state index in [0.717, 1.165) is 5.56 Å². The van der Waals surface area contributed by atoms with Crippen molar-refractivity contribution in [2.75, 3.05) is 19.6 Å². The van der Waals surface area contributed by atoms with Crippen molar-refractivity contribution in [2.24, 2.45) is 0 Å². The topological polar surface area (TPSA) is 49.4 Å². The van der Waals surface area contributed by atoms with Gasteiger partial charge in [-0.05, 0) is 12.5 Å². The molecule has 0 aromatic heterocycles. The molecule has 0 saturated carbocycles. The Morgan fingerprint density at radius 3 is 2.50 bits per heavy atom. The van der Waals surface area contributed by atoms with Crippen molar-refractivity contribution in [1.29, 1.82) is 0 Å². The minimum atomic E-state index is -0.0315. The summed E-state index contributed by atoms with van der Waals surface area (Å²) < 4.78 is 0. The normalized spacial score (nSPS) is 9.90. The van der Waals surface area contributed by atoms with E-state index >= 15 is 0 Å². The highest BCUT2D eigenvalue weighted by Crippen LogP contribution is 2.03. The zero-order chi connectivity index (χ0) is 15.0. The van der Waals surface area contributed by atoms with Crippen LogP contribution in [0, 0.1) is 6.92 Å². The monoisotopic (exact) mass is 274 g/mol. The summed E-state index contributed by atoms with van der Waals surface area (Å²) in [6, 6.07) is 7.89. The summed E-state index contributed by atoms with van der Waals surface area (Å²) in [5.74, 6) is -0.0476. The van der Waals surface area contributed by atoms with E-state index in [1.807, 2.05) is 31.2 Å². The summed E-state index contributed by atoms with van der Waals surface area (Å²) in [7, 11) is 0. The number of carbonyl (C=O) groups is 2. The van der Waals surface area contributed by atoms with Gasteiger partial charge in [0, 0.05) is 26.6 Å². The molecule has 1 N–H and O–H groups in total. The molecule has 1 rings (SSSR count). The first-order valence-corrected chi connectivity index (χ1v) is 6.71. The van der Waals surface area contributed by atoms with Crippen molar-refractivity contribution in [3.05, 3.63) is 48.0 Å². The van der Waals surface area contributed by atoms with Crippen molar-refractivity contribution < 1.29 is 9.59 Å². The number of nitrogens with one attached hydrogen (secondary N) is 1. The molecule has 108 valence electrons. The molecule has 0 aliphatic heterocycles. The number of rotatable bonds is 7. The van der Waals surface area contributed by atoms with Gasteiger partial charge in [-0.3, -0.25) is 9.59 Å². The summed E-state index contributed by atoms with van der Waals surface area (Å²) >= 11 is 0. The smallest absolute Gasteiger partial charge is 0.224 e. The zero-order valence-corrected chi connectivity index (χ0v) is 12.2. The van der Waals surface area contributed by atoms with Crippen LogP contribution in [0.15, 0.2) is 36.9 Å². The van der Waals surface area contributed by atoms with Gasteiger partial charge in [-0.25, -0.2) is 0 Å². The number of carbonyl (C=O) groups excluding carboxylic acids is 2. The third-order valence-corrected chi connectivity index (χ3v) is 2.98. The average molecular weight is 274 g/mol. The van der Waals surface area contributed by atoms with Gasteiger partial charge in [0.25, 0.3) is 0 Å². The predicted octanol–water partition coefficient (Wildman–Crippen LogP) is 1.69. The van der Waals surface area contributed by atoms with Crippen molar-refractivity contribution in [1.82, 2.24) is 10.2 Å². The van der Waals surface area contributed by atoms with E-state index in [1.54, 1.807) is 11.0 Å². The third-order valence-electron chi connectivity index (χ3n) is 2.98. The van der Waals surface area contributed by atoms with Gasteiger partial charge in [-0.2, -0.15) is 0 Å². The molecule has 0 spiro atoms. The number of aryl methyl sites for hydroxylation is 1. The van der Waals surface area contributed by atoms with E-state index in [4.69, 9.17) is 0 Å². The molecule has 0 saturated heterocycles. The second kappa shape index (κ2) is 8.15. The lowest BCUT2D eigenvalue weighted by atomic mass is 10.1. The van der Waals surface area contributed by atoms with Crippen LogP contribution in [0.3, 0.4) is 0 Å². The van der Waals surface area contributed by atoms with Crippen LogP contribution in [0.5, 0.6) is 0 Å². The van der Waals surface area contributed by atoms with Crippen molar-refractivity contribution >= 4 is 11.8 Å². The van der Waals surface area contributed by atoms with Crippen LogP contribution < -0.4 is 5.32 Å². The lowest BCUT2D eigenvalue weighted by molar-refractivity contribution is -0.129. The Kier molecular flexibility index (Phi) is 6.50. The third kappa shape index (κ3) is 5.69. The molecule has 0 aliphatic carbocycles. The van der Waals surface area contributed by atoms with E-state index in [0.29, 0.717) is 26.1 Å². The Morgan fingerprint density at radius 2 is 1.95 bits per heavy atom. The highest BCUT2D eigenvalue weighted by molar-refractivity contribution is 5.78. The van der Waals surface area contributed by atoms with Gasteiger partial charge >= 0.3 is 0 Å². The second-order valence-electron chi connectivity index (χ2n) is 4.77. The van der Waals surface area contributed by atoms with Gasteiger partial charge in [0.15, 0.2) is 0 Å². The largest absolute Gasteiger partial charge is 0.354 e. The first-order chi connectivity index (χ1) is 9.52. The van der Waals surface area contributed by atoms with Crippen LogP contribution in [0.1, 0.15) is 18.1 Å². The molecule has 0 heterocycles. The molecule has 20 heavy (non-hydrogen) atoms. The van der Waals surface area contributed by atoms with E-state index in [-0.39, 0.29) is 11.8 Å². The van der Waals surface area contributed by atoms with Crippen LogP contribution >= 0.6 is 0 Å². The molecule has 2 amide bonds. The molecule has 1 aromatic rings. The van der Waals surface area contributed by atoms with Gasteiger partial charge in [-0.1, -0.05) is 35.9 Å². The van der Waals surface area contributed by atoms with Crippen molar-refractivity contribution in [3.63, 3.8) is 0 Å². The molecule has 4 nitrogen and oxygen atoms in total. The maximum Gasteiger partial charge on any atom is 0.224 e. The number of amides is 2. The van der Waals surface area contributed by atoms with Crippen molar-refractivity contribution in [2.45, 2.75) is 20.3 Å². The van der Waals surface area contributed by atoms with E-state index < -0.39 is 0 Å². The highest BCUT2D eigenvalue weighted by Gasteiger charge is 2.07. The molecular weight excluding hydrogens is 252 g/mol. The summed E-state index contributed by atoms with van der Waals surface area (Å²) in [6.45, 7) is 8.59. The van der Waals surface area contributed by atoms with Gasteiger partial charge < -0.3 is 10.2 Å². The number of hydrogen-bond donors (Lipinski definition) is 1. The van der Waals surface area contributed by atoms with Crippen LogP contribution in [0.4, 0.5) is 0 Å². The van der Waals surface area contributed by atoms with Crippen LogP contribution in [0.25, 0.3) is 0 Å². The SMILES string of the molecule is C=CCN(CCNC(=O)Cc1ccc(C)cc1)C(C)=O. The minimum absolute atomic E-state index is 0.0160. The first-order valence-electron chi connectivity index (χ1n) is 6.71. The second-order valence-corrected chi connectivity index (χ2v) is 4.77. The fraction of sp³-hybridized carbons (Fsp3) is 0.375. The molecule has 0 bridgehead atoms. The van der Waals surface area contributed by atoms with Gasteiger partial charge in [0.1, 0.15) is 0 Å². The Hall–Kier alpha value is -2.10. The van der Waals surface area contributed by atoms with E-state index in [9.17, 15) is 9.59 Å². The Morgan fingerprint density at radius 1 is 1.30 bits per heavy atom. The number of hydrogen-bond acceptors (Lipinski definition) is 2. The lowest BCUT2D eigenvalue weighted by Crippen LogP contribution is -2.38. The molecule has 0 atom stereocenters. The van der Waals surface area contributed by atoms with E-state index in [2.05, 4.69) is 11.9 Å². The summed E-state index contributed by atoms with van der Waals surface area (Å²) in [5.41, 5.74) is 2.17. The summed E-state index contributed by atoms with van der Waals surface area (Å²) in [6.07, 6.45) is 2.04. The molecule has 0 radical (unpaired) electrons. The number of nitrogens with zero attached hydrogens (tertiary/aromatic N) is 1. The Balaban J connectivity index is 2.34. The minimum Gasteiger partial charge on any atom is -0.354 e. The van der Waals surface area contributed by atoms with E-state index in [1.165, 1.54) is 12.5 Å². The van der Waals surface area contributed by atoms with Crippen LogP contribution in [-0.2, 0) is 16.0 Å². The van der Waals surface area contributed by atoms with Crippen molar-refractivity contribution in [3.8, 4) is 0 Å². The zero-order valence-electron chi connectivity index (χ0n) is 12.2. The van der Waals surface area contributed by atoms with Crippen LogP contribution in [-0.4, -0.2) is 36.3 Å². The average Bonchev–Trinajstić information content (AvgIpc) is 2.40. The first kappa shape index (κ1) is 16.0. The summed E-state index contributed by atoms with van der Waals surface area (Å²) in [5, 5.41) is 2.82. The van der Waals surface area contributed by atoms with Gasteiger partial charge in [-0.15, -0.1) is 6.58 Å². The van der Waals surface area contributed by atoms with Crippen LogP contribution in [0.2, 0.25) is 0 Å². The molecule has 0 aliphatic rings.